The van der Waals surface area contributed by atoms with Crippen molar-refractivity contribution in [3.8, 4) is 0 Å². The molecular formula is C9H21N3O3S. The highest BCUT2D eigenvalue weighted by molar-refractivity contribution is 7.89. The first kappa shape index (κ1) is 15.3. The number of carbonyl (C=O) groups is 1. The molecule has 0 aliphatic carbocycles. The second-order valence-electron chi connectivity index (χ2n) is 4.06. The zero-order valence-corrected chi connectivity index (χ0v) is 10.9. The molecule has 0 atom stereocenters. The lowest BCUT2D eigenvalue weighted by Gasteiger charge is -2.16. The van der Waals surface area contributed by atoms with Crippen molar-refractivity contribution in [3.63, 3.8) is 0 Å². The molecular weight excluding hydrogens is 230 g/mol. The van der Waals surface area contributed by atoms with Crippen LogP contribution >= 0.6 is 0 Å². The van der Waals surface area contributed by atoms with Crippen LogP contribution in [0.5, 0.6) is 0 Å². The van der Waals surface area contributed by atoms with E-state index in [0.29, 0.717) is 12.5 Å². The van der Waals surface area contributed by atoms with Crippen LogP contribution in [-0.2, 0) is 14.8 Å². The summed E-state index contributed by atoms with van der Waals surface area (Å²) in [6.07, 6.45) is 0. The number of likely N-dealkylation sites (N-methyl/N-ethyl adjacent to an activating group) is 1. The molecule has 96 valence electrons. The fraction of sp³-hybridized carbons (Fsp3) is 0.889. The lowest BCUT2D eigenvalue weighted by Crippen LogP contribution is -2.41. The van der Waals surface area contributed by atoms with E-state index in [1.54, 1.807) is 0 Å². The fourth-order valence-corrected chi connectivity index (χ4v) is 1.90. The van der Waals surface area contributed by atoms with Crippen molar-refractivity contribution < 1.29 is 13.2 Å². The number of hydrogen-bond acceptors (Lipinski definition) is 4. The minimum Gasteiger partial charge on any atom is -0.355 e. The van der Waals surface area contributed by atoms with Gasteiger partial charge in [-0.1, -0.05) is 13.8 Å². The van der Waals surface area contributed by atoms with Crippen molar-refractivity contribution in [2.45, 2.75) is 13.8 Å². The number of amides is 1. The van der Waals surface area contributed by atoms with Crippen LogP contribution in [0.1, 0.15) is 13.8 Å². The Morgan fingerprint density at radius 2 is 2.00 bits per heavy atom. The largest absolute Gasteiger partial charge is 0.355 e. The van der Waals surface area contributed by atoms with Gasteiger partial charge < -0.3 is 11.1 Å². The van der Waals surface area contributed by atoms with Gasteiger partial charge in [-0.25, -0.2) is 8.42 Å². The summed E-state index contributed by atoms with van der Waals surface area (Å²) in [7, 11) is -2.02. The maximum atomic E-state index is 11.5. The third kappa shape index (κ3) is 6.04. The normalized spacial score (nSPS) is 12.1. The molecule has 1 amide bonds. The van der Waals surface area contributed by atoms with Gasteiger partial charge in [-0.15, -0.1) is 0 Å². The van der Waals surface area contributed by atoms with E-state index >= 15 is 0 Å². The van der Waals surface area contributed by atoms with Crippen LogP contribution in [0.4, 0.5) is 0 Å². The van der Waals surface area contributed by atoms with Gasteiger partial charge in [0.05, 0.1) is 12.3 Å². The topological polar surface area (TPSA) is 92.5 Å². The third-order valence-electron chi connectivity index (χ3n) is 1.92. The molecule has 16 heavy (non-hydrogen) atoms. The first-order chi connectivity index (χ1) is 7.29. The Labute approximate surface area is 97.2 Å². The summed E-state index contributed by atoms with van der Waals surface area (Å²) in [6.45, 7) is 4.38. The van der Waals surface area contributed by atoms with Crippen LogP contribution < -0.4 is 11.1 Å². The zero-order chi connectivity index (χ0) is 12.8. The maximum absolute atomic E-state index is 11.5. The Morgan fingerprint density at radius 1 is 1.44 bits per heavy atom. The summed E-state index contributed by atoms with van der Waals surface area (Å²) in [6, 6.07) is 0. The number of hydrogen-bond donors (Lipinski definition) is 2. The third-order valence-corrected chi connectivity index (χ3v) is 3.75. The highest BCUT2D eigenvalue weighted by Crippen LogP contribution is 1.96. The van der Waals surface area contributed by atoms with E-state index < -0.39 is 10.0 Å². The lowest BCUT2D eigenvalue weighted by atomic mass is 10.2. The molecule has 0 saturated carbocycles. The van der Waals surface area contributed by atoms with Gasteiger partial charge in [0.15, 0.2) is 0 Å². The minimum absolute atomic E-state index is 0.0558. The molecule has 0 unspecified atom stereocenters. The number of sulfonamides is 1. The van der Waals surface area contributed by atoms with Crippen LogP contribution in [-0.4, -0.2) is 51.1 Å². The number of nitrogens with zero attached hydrogens (tertiary/aromatic N) is 1. The van der Waals surface area contributed by atoms with Gasteiger partial charge in [-0.05, 0) is 5.92 Å². The molecule has 0 aliphatic rings. The Kier molecular flexibility index (Phi) is 6.54. The van der Waals surface area contributed by atoms with Crippen molar-refractivity contribution in [2.24, 2.45) is 11.7 Å². The lowest BCUT2D eigenvalue weighted by molar-refractivity contribution is -0.121. The standard InChI is InChI=1S/C9H21N3O3S/c1-8(2)6-11-9(13)7-12(3)16(14,15)5-4-10/h8H,4-7,10H2,1-3H3,(H,11,13). The molecule has 0 saturated heterocycles. The summed E-state index contributed by atoms with van der Waals surface area (Å²) in [5, 5.41) is 2.65. The molecule has 0 spiro atoms. The van der Waals surface area contributed by atoms with Crippen LogP contribution in [0.2, 0.25) is 0 Å². The van der Waals surface area contributed by atoms with Crippen molar-refractivity contribution in [3.05, 3.63) is 0 Å². The molecule has 0 aromatic rings. The highest BCUT2D eigenvalue weighted by atomic mass is 32.2. The van der Waals surface area contributed by atoms with Gasteiger partial charge in [0.1, 0.15) is 0 Å². The molecule has 3 N–H and O–H groups in total. The average Bonchev–Trinajstić information content (AvgIpc) is 2.14. The van der Waals surface area contributed by atoms with E-state index in [9.17, 15) is 13.2 Å². The van der Waals surface area contributed by atoms with Gasteiger partial charge in [-0.2, -0.15) is 4.31 Å². The van der Waals surface area contributed by atoms with Gasteiger partial charge in [0.2, 0.25) is 15.9 Å². The van der Waals surface area contributed by atoms with Crippen molar-refractivity contribution >= 4 is 15.9 Å². The fourth-order valence-electron chi connectivity index (χ4n) is 0.979. The molecule has 6 nitrogen and oxygen atoms in total. The first-order valence-electron chi connectivity index (χ1n) is 5.20. The van der Waals surface area contributed by atoms with Crippen molar-refractivity contribution in [1.82, 2.24) is 9.62 Å². The van der Waals surface area contributed by atoms with Crippen molar-refractivity contribution in [1.29, 1.82) is 0 Å². The monoisotopic (exact) mass is 251 g/mol. The second kappa shape index (κ2) is 6.82. The smallest absolute Gasteiger partial charge is 0.235 e. The van der Waals surface area contributed by atoms with E-state index in [-0.39, 0.29) is 24.7 Å². The van der Waals surface area contributed by atoms with Crippen LogP contribution in [0, 0.1) is 5.92 Å². The molecule has 0 heterocycles. The average molecular weight is 251 g/mol. The second-order valence-corrected chi connectivity index (χ2v) is 6.25. The van der Waals surface area contributed by atoms with E-state index in [0.717, 1.165) is 4.31 Å². The number of nitrogens with one attached hydrogen (secondary N) is 1. The molecule has 0 aromatic carbocycles. The predicted octanol–water partition coefficient (Wildman–Crippen LogP) is -1.02. The van der Waals surface area contributed by atoms with Gasteiger partial charge in [-0.3, -0.25) is 4.79 Å². The van der Waals surface area contributed by atoms with E-state index in [1.807, 2.05) is 13.8 Å². The Balaban J connectivity index is 4.14. The predicted molar refractivity (Wildman–Crippen MR) is 63.3 cm³/mol. The van der Waals surface area contributed by atoms with Crippen molar-refractivity contribution in [2.75, 3.05) is 32.4 Å². The van der Waals surface area contributed by atoms with Crippen LogP contribution in [0.15, 0.2) is 0 Å². The Bertz CT molecular complexity index is 314. The van der Waals surface area contributed by atoms with Crippen LogP contribution in [0.3, 0.4) is 0 Å². The maximum Gasteiger partial charge on any atom is 0.235 e. The zero-order valence-electron chi connectivity index (χ0n) is 10.1. The number of nitrogens with two attached hydrogens (primary N) is 1. The van der Waals surface area contributed by atoms with Crippen LogP contribution in [0.25, 0.3) is 0 Å². The molecule has 0 radical (unpaired) electrons. The summed E-state index contributed by atoms with van der Waals surface area (Å²) in [5.41, 5.74) is 5.18. The van der Waals surface area contributed by atoms with E-state index in [1.165, 1.54) is 7.05 Å². The Hall–Kier alpha value is -0.660. The SMILES string of the molecule is CC(C)CNC(=O)CN(C)S(=O)(=O)CCN. The summed E-state index contributed by atoms with van der Waals surface area (Å²) in [4.78, 5) is 11.4. The van der Waals surface area contributed by atoms with Gasteiger partial charge in [0.25, 0.3) is 0 Å². The summed E-state index contributed by atoms with van der Waals surface area (Å²) >= 11 is 0. The summed E-state index contributed by atoms with van der Waals surface area (Å²) in [5.74, 6) is -0.0901. The molecule has 0 bridgehead atoms. The molecule has 0 aromatic heterocycles. The van der Waals surface area contributed by atoms with Gasteiger partial charge in [0, 0.05) is 20.1 Å². The number of rotatable bonds is 7. The molecule has 7 heteroatoms. The van der Waals surface area contributed by atoms with E-state index in [4.69, 9.17) is 5.73 Å². The number of carbonyl (C=O) groups excluding carboxylic acids is 1. The van der Waals surface area contributed by atoms with E-state index in [2.05, 4.69) is 5.32 Å². The van der Waals surface area contributed by atoms with Gasteiger partial charge >= 0.3 is 0 Å². The first-order valence-corrected chi connectivity index (χ1v) is 6.81. The minimum atomic E-state index is -3.40. The molecule has 0 aliphatic heterocycles. The molecule has 0 rings (SSSR count). The quantitative estimate of drug-likeness (QED) is 0.605. The molecule has 0 fully saturated rings. The Morgan fingerprint density at radius 3 is 2.44 bits per heavy atom. The highest BCUT2D eigenvalue weighted by Gasteiger charge is 2.19. The summed E-state index contributed by atoms with van der Waals surface area (Å²) < 4.78 is 24.0.